The van der Waals surface area contributed by atoms with Crippen molar-refractivity contribution >= 4 is 18.3 Å². The van der Waals surface area contributed by atoms with Crippen LogP contribution in [0.1, 0.15) is 29.6 Å². The van der Waals surface area contributed by atoms with Crippen LogP contribution >= 0.6 is 12.4 Å². The van der Waals surface area contributed by atoms with Crippen LogP contribution in [0.5, 0.6) is 5.75 Å². The van der Waals surface area contributed by atoms with Gasteiger partial charge in [0.05, 0.1) is 12.7 Å². The summed E-state index contributed by atoms with van der Waals surface area (Å²) < 4.78 is 5.17. The first-order valence-corrected chi connectivity index (χ1v) is 6.46. The molecule has 0 saturated carbocycles. The number of hydrogen-bond donors (Lipinski definition) is 2. The highest BCUT2D eigenvalue weighted by molar-refractivity contribution is 5.96. The normalized spacial score (nSPS) is 17.6. The van der Waals surface area contributed by atoms with E-state index in [4.69, 9.17) is 4.74 Å². The van der Waals surface area contributed by atoms with E-state index >= 15 is 0 Å². The van der Waals surface area contributed by atoms with Crippen LogP contribution in [0.2, 0.25) is 0 Å². The van der Waals surface area contributed by atoms with Gasteiger partial charge in [0.1, 0.15) is 5.75 Å². The Bertz CT molecular complexity index is 406. The second-order valence-corrected chi connectivity index (χ2v) is 4.54. The Hall–Kier alpha value is -1.26. The Balaban J connectivity index is 0.00000180. The predicted molar refractivity (Wildman–Crippen MR) is 78.2 cm³/mol. The highest BCUT2D eigenvalue weighted by atomic mass is 35.5. The number of nitrogens with one attached hydrogen (secondary N) is 2. The molecule has 1 heterocycles. The standard InChI is InChI=1S/C14H20N2O2.ClH/c1-18-13-7-3-2-6-12(13)14(17)16-10-8-11-5-4-9-15-11;/h2-3,6-7,11,15H,4-5,8-10H2,1H3,(H,16,17);1H/t11-;/m1./s1. The van der Waals surface area contributed by atoms with Crippen LogP contribution in [-0.4, -0.2) is 32.1 Å². The minimum Gasteiger partial charge on any atom is -0.496 e. The van der Waals surface area contributed by atoms with E-state index in [1.807, 2.05) is 12.1 Å². The summed E-state index contributed by atoms with van der Waals surface area (Å²) in [5.74, 6) is 0.555. The Morgan fingerprint density at radius 2 is 2.26 bits per heavy atom. The SMILES string of the molecule is COc1ccccc1C(=O)NCC[C@H]1CCCN1.Cl. The smallest absolute Gasteiger partial charge is 0.255 e. The molecule has 1 atom stereocenters. The molecule has 0 unspecified atom stereocenters. The predicted octanol–water partition coefficient (Wildman–Crippen LogP) is 1.99. The average Bonchev–Trinajstić information content (AvgIpc) is 2.91. The molecule has 2 N–H and O–H groups in total. The second kappa shape index (κ2) is 8.02. The summed E-state index contributed by atoms with van der Waals surface area (Å²) in [5, 5.41) is 6.36. The molecule has 1 aliphatic rings. The van der Waals surface area contributed by atoms with Crippen molar-refractivity contribution in [1.82, 2.24) is 10.6 Å². The summed E-state index contributed by atoms with van der Waals surface area (Å²) >= 11 is 0. The Kier molecular flexibility index (Phi) is 6.67. The first-order chi connectivity index (χ1) is 8.81. The van der Waals surface area contributed by atoms with Gasteiger partial charge in [0.15, 0.2) is 0 Å². The second-order valence-electron chi connectivity index (χ2n) is 4.54. The van der Waals surface area contributed by atoms with E-state index < -0.39 is 0 Å². The molecule has 1 saturated heterocycles. The maximum absolute atomic E-state index is 12.0. The van der Waals surface area contributed by atoms with Crippen LogP contribution in [0.15, 0.2) is 24.3 Å². The number of carbonyl (C=O) groups is 1. The van der Waals surface area contributed by atoms with Gasteiger partial charge in [0.2, 0.25) is 0 Å². The Morgan fingerprint density at radius 1 is 1.47 bits per heavy atom. The average molecular weight is 285 g/mol. The lowest BCUT2D eigenvalue weighted by Crippen LogP contribution is -2.30. The van der Waals surface area contributed by atoms with Crippen molar-refractivity contribution in [3.8, 4) is 5.75 Å². The molecule has 106 valence electrons. The minimum atomic E-state index is -0.0644. The summed E-state index contributed by atoms with van der Waals surface area (Å²) in [6, 6.07) is 7.84. The van der Waals surface area contributed by atoms with Crippen LogP contribution in [0, 0.1) is 0 Å². The van der Waals surface area contributed by atoms with Crippen molar-refractivity contribution in [2.24, 2.45) is 0 Å². The lowest BCUT2D eigenvalue weighted by Gasteiger charge is -2.12. The van der Waals surface area contributed by atoms with E-state index in [2.05, 4.69) is 10.6 Å². The molecule has 0 radical (unpaired) electrons. The molecule has 1 fully saturated rings. The molecule has 0 spiro atoms. The summed E-state index contributed by atoms with van der Waals surface area (Å²) in [5.41, 5.74) is 0.597. The molecule has 0 aromatic heterocycles. The fourth-order valence-electron chi connectivity index (χ4n) is 2.29. The van der Waals surface area contributed by atoms with Crippen molar-refractivity contribution in [3.05, 3.63) is 29.8 Å². The first-order valence-electron chi connectivity index (χ1n) is 6.46. The topological polar surface area (TPSA) is 50.4 Å². The van der Waals surface area contributed by atoms with Gasteiger partial charge in [0.25, 0.3) is 5.91 Å². The van der Waals surface area contributed by atoms with Crippen LogP contribution < -0.4 is 15.4 Å². The van der Waals surface area contributed by atoms with Crippen LogP contribution in [0.4, 0.5) is 0 Å². The van der Waals surface area contributed by atoms with Gasteiger partial charge in [-0.05, 0) is 37.9 Å². The maximum atomic E-state index is 12.0. The summed E-state index contributed by atoms with van der Waals surface area (Å²) in [4.78, 5) is 12.0. The van der Waals surface area contributed by atoms with Gasteiger partial charge in [-0.15, -0.1) is 12.4 Å². The zero-order valence-electron chi connectivity index (χ0n) is 11.1. The van der Waals surface area contributed by atoms with Gasteiger partial charge in [-0.25, -0.2) is 0 Å². The molecule has 1 aromatic rings. The highest BCUT2D eigenvalue weighted by Gasteiger charge is 2.15. The molecule has 4 nitrogen and oxygen atoms in total. The van der Waals surface area contributed by atoms with Gasteiger partial charge in [-0.3, -0.25) is 4.79 Å². The van der Waals surface area contributed by atoms with Gasteiger partial charge in [0, 0.05) is 12.6 Å². The van der Waals surface area contributed by atoms with E-state index in [1.165, 1.54) is 12.8 Å². The van der Waals surface area contributed by atoms with Crippen molar-refractivity contribution in [1.29, 1.82) is 0 Å². The number of carbonyl (C=O) groups excluding carboxylic acids is 1. The monoisotopic (exact) mass is 284 g/mol. The van der Waals surface area contributed by atoms with Crippen molar-refractivity contribution in [3.63, 3.8) is 0 Å². The zero-order valence-corrected chi connectivity index (χ0v) is 12.0. The number of amides is 1. The zero-order chi connectivity index (χ0) is 12.8. The number of hydrogen-bond acceptors (Lipinski definition) is 3. The third kappa shape index (κ3) is 4.40. The van der Waals surface area contributed by atoms with Crippen LogP contribution in [0.25, 0.3) is 0 Å². The fraction of sp³-hybridized carbons (Fsp3) is 0.500. The lowest BCUT2D eigenvalue weighted by molar-refractivity contribution is 0.0949. The first kappa shape index (κ1) is 15.8. The molecule has 0 aliphatic carbocycles. The number of halogens is 1. The molecular formula is C14H21ClN2O2. The summed E-state index contributed by atoms with van der Waals surface area (Å²) in [6.45, 7) is 1.81. The Morgan fingerprint density at radius 3 is 2.95 bits per heavy atom. The van der Waals surface area contributed by atoms with Crippen molar-refractivity contribution in [2.45, 2.75) is 25.3 Å². The van der Waals surface area contributed by atoms with Gasteiger partial charge < -0.3 is 15.4 Å². The third-order valence-electron chi connectivity index (χ3n) is 3.29. The Labute approximate surface area is 120 Å². The molecule has 1 amide bonds. The number of benzene rings is 1. The van der Waals surface area contributed by atoms with E-state index in [0.717, 1.165) is 13.0 Å². The van der Waals surface area contributed by atoms with Crippen molar-refractivity contribution in [2.75, 3.05) is 20.2 Å². The van der Waals surface area contributed by atoms with E-state index in [0.29, 0.717) is 23.9 Å². The summed E-state index contributed by atoms with van der Waals surface area (Å²) in [6.07, 6.45) is 3.44. The molecule has 19 heavy (non-hydrogen) atoms. The number of para-hydroxylation sites is 1. The largest absolute Gasteiger partial charge is 0.496 e. The number of methoxy groups -OCH3 is 1. The van der Waals surface area contributed by atoms with Gasteiger partial charge in [-0.2, -0.15) is 0 Å². The maximum Gasteiger partial charge on any atom is 0.255 e. The molecule has 1 aromatic carbocycles. The van der Waals surface area contributed by atoms with E-state index in [9.17, 15) is 4.79 Å². The third-order valence-corrected chi connectivity index (χ3v) is 3.29. The van der Waals surface area contributed by atoms with E-state index in [1.54, 1.807) is 19.2 Å². The molecule has 5 heteroatoms. The molecule has 1 aliphatic heterocycles. The van der Waals surface area contributed by atoms with Crippen LogP contribution in [-0.2, 0) is 0 Å². The fourth-order valence-corrected chi connectivity index (χ4v) is 2.29. The number of ether oxygens (including phenoxy) is 1. The van der Waals surface area contributed by atoms with Crippen LogP contribution in [0.3, 0.4) is 0 Å². The summed E-state index contributed by atoms with van der Waals surface area (Å²) in [7, 11) is 1.58. The van der Waals surface area contributed by atoms with Gasteiger partial charge >= 0.3 is 0 Å². The van der Waals surface area contributed by atoms with Gasteiger partial charge in [-0.1, -0.05) is 12.1 Å². The quantitative estimate of drug-likeness (QED) is 0.869. The lowest BCUT2D eigenvalue weighted by atomic mass is 10.1. The molecule has 2 rings (SSSR count). The molecule has 0 bridgehead atoms. The highest BCUT2D eigenvalue weighted by Crippen LogP contribution is 2.16. The van der Waals surface area contributed by atoms with E-state index in [-0.39, 0.29) is 18.3 Å². The number of rotatable bonds is 5. The minimum absolute atomic E-state index is 0. The molecular weight excluding hydrogens is 264 g/mol. The van der Waals surface area contributed by atoms with Crippen molar-refractivity contribution < 1.29 is 9.53 Å².